The molecular formula is C16H22BrN3O2. The number of amides is 2. The molecule has 0 bridgehead atoms. The molecule has 1 aromatic carbocycles. The largest absolute Gasteiger partial charge is 0.346 e. The first-order valence-electron chi connectivity index (χ1n) is 7.60. The third-order valence-electron chi connectivity index (χ3n) is 4.03. The normalized spacial score (nSPS) is 18.2. The summed E-state index contributed by atoms with van der Waals surface area (Å²) in [6.45, 7) is 6.62. The minimum absolute atomic E-state index is 0.344. The lowest BCUT2D eigenvalue weighted by molar-refractivity contribution is -0.136. The van der Waals surface area contributed by atoms with E-state index in [9.17, 15) is 9.59 Å². The Labute approximate surface area is 139 Å². The van der Waals surface area contributed by atoms with Gasteiger partial charge in [-0.25, -0.2) is 0 Å². The van der Waals surface area contributed by atoms with Crippen LogP contribution in [-0.2, 0) is 9.59 Å². The minimum Gasteiger partial charge on any atom is -0.346 e. The summed E-state index contributed by atoms with van der Waals surface area (Å²) in [5, 5.41) is 5.36. The summed E-state index contributed by atoms with van der Waals surface area (Å²) >= 11 is 3.40. The van der Waals surface area contributed by atoms with Gasteiger partial charge in [0.1, 0.15) is 0 Å². The highest BCUT2D eigenvalue weighted by Gasteiger charge is 2.24. The van der Waals surface area contributed by atoms with E-state index in [1.807, 2.05) is 19.1 Å². The topological polar surface area (TPSA) is 61.4 Å². The lowest BCUT2D eigenvalue weighted by atomic mass is 10.2. The summed E-state index contributed by atoms with van der Waals surface area (Å²) in [4.78, 5) is 26.1. The molecule has 2 amide bonds. The van der Waals surface area contributed by atoms with E-state index in [0.717, 1.165) is 36.0 Å². The molecule has 120 valence electrons. The zero-order chi connectivity index (χ0) is 16.1. The number of hydrogen-bond acceptors (Lipinski definition) is 3. The van der Waals surface area contributed by atoms with E-state index >= 15 is 0 Å². The van der Waals surface area contributed by atoms with Gasteiger partial charge in [0.05, 0.1) is 0 Å². The molecule has 2 rings (SSSR count). The van der Waals surface area contributed by atoms with Crippen LogP contribution in [0.3, 0.4) is 0 Å². The Kier molecular flexibility index (Phi) is 5.97. The predicted molar refractivity (Wildman–Crippen MR) is 90.8 cm³/mol. The first-order valence-corrected chi connectivity index (χ1v) is 8.40. The van der Waals surface area contributed by atoms with Crippen molar-refractivity contribution in [1.29, 1.82) is 0 Å². The second-order valence-corrected chi connectivity index (χ2v) is 6.41. The number of carbonyl (C=O) groups excluding carboxylic acids is 2. The van der Waals surface area contributed by atoms with Crippen molar-refractivity contribution in [2.45, 2.75) is 32.7 Å². The number of halogens is 1. The van der Waals surface area contributed by atoms with E-state index in [4.69, 9.17) is 0 Å². The molecule has 0 radical (unpaired) electrons. The fraction of sp³-hybridized carbons (Fsp3) is 0.500. The van der Waals surface area contributed by atoms with E-state index < -0.39 is 11.8 Å². The van der Waals surface area contributed by atoms with Crippen molar-refractivity contribution >= 4 is 33.4 Å². The first kappa shape index (κ1) is 17.0. The lowest BCUT2D eigenvalue weighted by Gasteiger charge is -2.22. The smallest absolute Gasteiger partial charge is 0.313 e. The van der Waals surface area contributed by atoms with Gasteiger partial charge in [0.25, 0.3) is 0 Å². The molecule has 6 heteroatoms. The molecule has 0 aliphatic carbocycles. The van der Waals surface area contributed by atoms with Gasteiger partial charge in [-0.3, -0.25) is 14.5 Å². The number of rotatable bonds is 4. The van der Waals surface area contributed by atoms with Crippen LogP contribution < -0.4 is 10.6 Å². The highest BCUT2D eigenvalue weighted by molar-refractivity contribution is 9.10. The van der Waals surface area contributed by atoms with Crippen LogP contribution in [0.25, 0.3) is 0 Å². The first-order chi connectivity index (χ1) is 10.5. The Hall–Kier alpha value is -1.40. The number of carbonyl (C=O) groups is 2. The maximum Gasteiger partial charge on any atom is 0.313 e. The second kappa shape index (κ2) is 7.74. The molecule has 0 spiro atoms. The summed E-state index contributed by atoms with van der Waals surface area (Å²) in [6.07, 6.45) is 2.22. The van der Waals surface area contributed by atoms with E-state index in [0.29, 0.717) is 18.3 Å². The molecule has 5 nitrogen and oxygen atoms in total. The fourth-order valence-corrected chi connectivity index (χ4v) is 2.99. The summed E-state index contributed by atoms with van der Waals surface area (Å²) in [5.41, 5.74) is 1.62. The Morgan fingerprint density at radius 1 is 1.36 bits per heavy atom. The maximum atomic E-state index is 11.9. The Morgan fingerprint density at radius 2 is 2.14 bits per heavy atom. The highest BCUT2D eigenvalue weighted by atomic mass is 79.9. The zero-order valence-electron chi connectivity index (χ0n) is 13.0. The van der Waals surface area contributed by atoms with Crippen LogP contribution in [0.1, 0.15) is 25.3 Å². The summed E-state index contributed by atoms with van der Waals surface area (Å²) in [5.74, 6) is -1.20. The van der Waals surface area contributed by atoms with E-state index in [-0.39, 0.29) is 0 Å². The monoisotopic (exact) mass is 367 g/mol. The number of likely N-dealkylation sites (tertiary alicyclic amines) is 1. The average Bonchev–Trinajstić information content (AvgIpc) is 2.96. The zero-order valence-corrected chi connectivity index (χ0v) is 14.6. The number of likely N-dealkylation sites (N-methyl/N-ethyl adjacent to an activating group) is 1. The van der Waals surface area contributed by atoms with Crippen molar-refractivity contribution in [3.8, 4) is 0 Å². The van der Waals surface area contributed by atoms with Crippen molar-refractivity contribution in [1.82, 2.24) is 10.2 Å². The van der Waals surface area contributed by atoms with E-state index in [2.05, 4.69) is 38.4 Å². The average molecular weight is 368 g/mol. The molecule has 22 heavy (non-hydrogen) atoms. The molecule has 1 saturated heterocycles. The van der Waals surface area contributed by atoms with Gasteiger partial charge in [0, 0.05) is 22.7 Å². The van der Waals surface area contributed by atoms with Gasteiger partial charge in [-0.05, 0) is 56.6 Å². The number of hydrogen-bond donors (Lipinski definition) is 2. The van der Waals surface area contributed by atoms with Crippen molar-refractivity contribution in [3.63, 3.8) is 0 Å². The van der Waals surface area contributed by atoms with Crippen LogP contribution in [0.2, 0.25) is 0 Å². The number of aryl methyl sites for hydroxylation is 1. The van der Waals surface area contributed by atoms with Gasteiger partial charge in [-0.1, -0.05) is 22.9 Å². The number of nitrogens with one attached hydrogen (secondary N) is 2. The van der Waals surface area contributed by atoms with Crippen LogP contribution in [-0.4, -0.2) is 42.4 Å². The summed E-state index contributed by atoms with van der Waals surface area (Å²) < 4.78 is 0.968. The van der Waals surface area contributed by atoms with Crippen molar-refractivity contribution in [2.75, 3.05) is 25.0 Å². The predicted octanol–water partition coefficient (Wildman–Crippen LogP) is 2.30. The molecule has 1 aliphatic heterocycles. The van der Waals surface area contributed by atoms with Gasteiger partial charge in [-0.15, -0.1) is 0 Å². The van der Waals surface area contributed by atoms with Crippen LogP contribution in [0, 0.1) is 6.92 Å². The molecule has 1 heterocycles. The van der Waals surface area contributed by atoms with Crippen LogP contribution in [0.4, 0.5) is 5.69 Å². The molecule has 0 aromatic heterocycles. The molecule has 1 aliphatic rings. The third-order valence-corrected chi connectivity index (χ3v) is 4.92. The van der Waals surface area contributed by atoms with Crippen LogP contribution >= 0.6 is 15.9 Å². The van der Waals surface area contributed by atoms with Gasteiger partial charge < -0.3 is 10.6 Å². The van der Waals surface area contributed by atoms with E-state index in [1.165, 1.54) is 0 Å². The van der Waals surface area contributed by atoms with Crippen molar-refractivity contribution < 1.29 is 9.59 Å². The van der Waals surface area contributed by atoms with Gasteiger partial charge in [0.2, 0.25) is 0 Å². The molecule has 0 unspecified atom stereocenters. The fourth-order valence-electron chi connectivity index (χ4n) is 2.74. The third kappa shape index (κ3) is 4.30. The molecule has 1 aromatic rings. The SMILES string of the molecule is CCN1CCC[C@@H]1CNC(=O)C(=O)Nc1ccc(Br)c(C)c1. The molecule has 0 saturated carbocycles. The van der Waals surface area contributed by atoms with Gasteiger partial charge >= 0.3 is 11.8 Å². The maximum absolute atomic E-state index is 11.9. The standard InChI is InChI=1S/C16H22BrN3O2/c1-3-20-8-4-5-13(20)10-18-15(21)16(22)19-12-6-7-14(17)11(2)9-12/h6-7,9,13H,3-5,8,10H2,1-2H3,(H,18,21)(H,19,22)/t13-/m1/s1. The Morgan fingerprint density at radius 3 is 2.82 bits per heavy atom. The van der Waals surface area contributed by atoms with Crippen molar-refractivity contribution in [2.24, 2.45) is 0 Å². The number of benzene rings is 1. The van der Waals surface area contributed by atoms with Gasteiger partial charge in [-0.2, -0.15) is 0 Å². The molecule has 1 atom stereocenters. The van der Waals surface area contributed by atoms with Crippen LogP contribution in [0.5, 0.6) is 0 Å². The summed E-state index contributed by atoms with van der Waals surface area (Å²) in [6, 6.07) is 5.78. The van der Waals surface area contributed by atoms with Gasteiger partial charge in [0.15, 0.2) is 0 Å². The highest BCUT2D eigenvalue weighted by Crippen LogP contribution is 2.20. The quantitative estimate of drug-likeness (QED) is 0.802. The molecular weight excluding hydrogens is 346 g/mol. The minimum atomic E-state index is -0.622. The van der Waals surface area contributed by atoms with E-state index in [1.54, 1.807) is 6.07 Å². The second-order valence-electron chi connectivity index (χ2n) is 5.55. The lowest BCUT2D eigenvalue weighted by Crippen LogP contribution is -2.43. The number of nitrogens with zero attached hydrogens (tertiary/aromatic N) is 1. The molecule has 2 N–H and O–H groups in total. The van der Waals surface area contributed by atoms with Crippen LogP contribution in [0.15, 0.2) is 22.7 Å². The van der Waals surface area contributed by atoms with Crippen molar-refractivity contribution in [3.05, 3.63) is 28.2 Å². The molecule has 1 fully saturated rings. The number of anilines is 1. The summed E-state index contributed by atoms with van der Waals surface area (Å²) in [7, 11) is 0. The Bertz CT molecular complexity index is 562. The Balaban J connectivity index is 1.84.